The van der Waals surface area contributed by atoms with Crippen molar-refractivity contribution in [3.63, 3.8) is 0 Å². The molecule has 0 spiro atoms. The van der Waals surface area contributed by atoms with Crippen molar-refractivity contribution in [2.75, 3.05) is 20.3 Å². The summed E-state index contributed by atoms with van der Waals surface area (Å²) in [6, 6.07) is 12.1. The van der Waals surface area contributed by atoms with Crippen molar-refractivity contribution >= 4 is 17.4 Å². The van der Waals surface area contributed by atoms with Gasteiger partial charge in [-0.25, -0.2) is 0 Å². The van der Waals surface area contributed by atoms with Gasteiger partial charge in [0.05, 0.1) is 25.3 Å². The average molecular weight is 480 g/mol. The van der Waals surface area contributed by atoms with E-state index in [4.69, 9.17) is 9.47 Å². The lowest BCUT2D eigenvalue weighted by Gasteiger charge is -2.25. The molecule has 6 heteroatoms. The Morgan fingerprint density at radius 2 is 1.71 bits per heavy atom. The molecule has 1 aliphatic heterocycles. The van der Waals surface area contributed by atoms with E-state index in [2.05, 4.69) is 27.7 Å². The van der Waals surface area contributed by atoms with Gasteiger partial charge < -0.3 is 19.5 Å². The van der Waals surface area contributed by atoms with Crippen LogP contribution in [-0.4, -0.2) is 42.0 Å². The summed E-state index contributed by atoms with van der Waals surface area (Å²) < 4.78 is 11.3. The number of carbonyl (C=O) groups is 2. The zero-order valence-electron chi connectivity index (χ0n) is 21.7. The average Bonchev–Trinajstić information content (AvgIpc) is 3.08. The Bertz CT molecular complexity index is 1100. The van der Waals surface area contributed by atoms with Crippen LogP contribution in [0.5, 0.6) is 11.5 Å². The lowest BCUT2D eigenvalue weighted by Crippen LogP contribution is -2.30. The Kier molecular flexibility index (Phi) is 8.26. The molecule has 6 nitrogen and oxygen atoms in total. The maximum absolute atomic E-state index is 13.2. The van der Waals surface area contributed by atoms with E-state index in [1.807, 2.05) is 37.3 Å². The molecule has 1 amide bonds. The molecule has 2 aromatic rings. The van der Waals surface area contributed by atoms with E-state index in [0.717, 1.165) is 29.7 Å². The third-order valence-electron chi connectivity index (χ3n) is 6.25. The maximum Gasteiger partial charge on any atom is 0.295 e. The van der Waals surface area contributed by atoms with Crippen LogP contribution >= 0.6 is 0 Å². The number of benzene rings is 2. The molecule has 1 heterocycles. The second-order valence-corrected chi connectivity index (χ2v) is 9.93. The van der Waals surface area contributed by atoms with Crippen molar-refractivity contribution < 1.29 is 24.2 Å². The minimum absolute atomic E-state index is 0.105. The lowest BCUT2D eigenvalue weighted by atomic mass is 9.84. The number of methoxy groups -OCH3 is 1. The van der Waals surface area contributed by atoms with Crippen molar-refractivity contribution in [1.29, 1.82) is 0 Å². The summed E-state index contributed by atoms with van der Waals surface area (Å²) in [5.41, 5.74) is 2.00. The second kappa shape index (κ2) is 11.0. The predicted octanol–water partition coefficient (Wildman–Crippen LogP) is 6.00. The summed E-state index contributed by atoms with van der Waals surface area (Å²) in [7, 11) is 1.61. The molecule has 0 bridgehead atoms. The van der Waals surface area contributed by atoms with Gasteiger partial charge in [-0.15, -0.1) is 0 Å². The number of aliphatic hydroxyl groups excluding tert-OH is 1. The van der Waals surface area contributed by atoms with Crippen LogP contribution in [0.25, 0.3) is 5.76 Å². The van der Waals surface area contributed by atoms with Gasteiger partial charge in [0, 0.05) is 17.7 Å². The summed E-state index contributed by atoms with van der Waals surface area (Å²) in [6.45, 7) is 11.3. The number of ether oxygens (including phenoxy) is 2. The standard InChI is InChI=1S/C29H37NO5/c1-7-9-17-35-21-13-10-19(11-14-21)25-24(27(32)28(33)30(25)16-8-2)26(31)20-12-15-23(34-6)22(18-20)29(3,4)5/h10-15,18,25,31H,7-9,16-17H2,1-6H3/b26-24-. The molecule has 1 aliphatic rings. The van der Waals surface area contributed by atoms with E-state index in [-0.39, 0.29) is 16.7 Å². The summed E-state index contributed by atoms with van der Waals surface area (Å²) in [5.74, 6) is 0.00210. The Morgan fingerprint density at radius 3 is 2.29 bits per heavy atom. The molecule has 2 aromatic carbocycles. The predicted molar refractivity (Wildman–Crippen MR) is 138 cm³/mol. The van der Waals surface area contributed by atoms with E-state index in [0.29, 0.717) is 30.9 Å². The van der Waals surface area contributed by atoms with Gasteiger partial charge in [-0.05, 0) is 54.2 Å². The minimum Gasteiger partial charge on any atom is -0.507 e. The molecule has 0 aromatic heterocycles. The van der Waals surface area contributed by atoms with Crippen LogP contribution in [-0.2, 0) is 15.0 Å². The number of unbranched alkanes of at least 4 members (excludes halogenated alkanes) is 1. The van der Waals surface area contributed by atoms with Gasteiger partial charge in [0.1, 0.15) is 17.3 Å². The largest absolute Gasteiger partial charge is 0.507 e. The highest BCUT2D eigenvalue weighted by Gasteiger charge is 2.45. The molecule has 35 heavy (non-hydrogen) atoms. The highest BCUT2D eigenvalue weighted by Crippen LogP contribution is 2.41. The maximum atomic E-state index is 13.2. The molecule has 0 aliphatic carbocycles. The van der Waals surface area contributed by atoms with Crippen LogP contribution in [0.4, 0.5) is 0 Å². The molecule has 0 saturated carbocycles. The number of amides is 1. The van der Waals surface area contributed by atoms with Gasteiger partial charge >= 0.3 is 0 Å². The third-order valence-corrected chi connectivity index (χ3v) is 6.25. The molecular weight excluding hydrogens is 442 g/mol. The summed E-state index contributed by atoms with van der Waals surface area (Å²) in [5, 5.41) is 11.4. The number of hydrogen-bond donors (Lipinski definition) is 1. The monoisotopic (exact) mass is 479 g/mol. The minimum atomic E-state index is -0.669. The van der Waals surface area contributed by atoms with Crippen LogP contribution in [0.15, 0.2) is 48.0 Å². The zero-order chi connectivity index (χ0) is 25.8. The van der Waals surface area contributed by atoms with Gasteiger partial charge in [-0.3, -0.25) is 9.59 Å². The van der Waals surface area contributed by atoms with E-state index >= 15 is 0 Å². The second-order valence-electron chi connectivity index (χ2n) is 9.93. The Balaban J connectivity index is 2.10. The Hall–Kier alpha value is -3.28. The van der Waals surface area contributed by atoms with Crippen molar-refractivity contribution in [2.24, 2.45) is 0 Å². The van der Waals surface area contributed by atoms with Gasteiger partial charge in [-0.1, -0.05) is 53.2 Å². The lowest BCUT2D eigenvalue weighted by molar-refractivity contribution is -0.139. The number of hydrogen-bond acceptors (Lipinski definition) is 5. The van der Waals surface area contributed by atoms with Gasteiger partial charge in [0.25, 0.3) is 11.7 Å². The normalized spacial score (nSPS) is 17.7. The Morgan fingerprint density at radius 1 is 1.03 bits per heavy atom. The zero-order valence-corrected chi connectivity index (χ0v) is 21.7. The van der Waals surface area contributed by atoms with Gasteiger partial charge in [-0.2, -0.15) is 0 Å². The van der Waals surface area contributed by atoms with E-state index in [9.17, 15) is 14.7 Å². The van der Waals surface area contributed by atoms with Crippen molar-refractivity contribution in [1.82, 2.24) is 4.90 Å². The van der Waals surface area contributed by atoms with E-state index in [1.54, 1.807) is 24.1 Å². The van der Waals surface area contributed by atoms with Gasteiger partial charge in [0.2, 0.25) is 0 Å². The highest BCUT2D eigenvalue weighted by molar-refractivity contribution is 6.46. The molecular formula is C29H37NO5. The molecule has 1 N–H and O–H groups in total. The van der Waals surface area contributed by atoms with Crippen LogP contribution in [0, 0.1) is 0 Å². The molecule has 1 unspecified atom stereocenters. The molecule has 0 radical (unpaired) electrons. The molecule has 1 fully saturated rings. The first-order chi connectivity index (χ1) is 16.6. The van der Waals surface area contributed by atoms with Crippen LogP contribution in [0.1, 0.15) is 76.6 Å². The fraction of sp³-hybridized carbons (Fsp3) is 0.448. The first-order valence-corrected chi connectivity index (χ1v) is 12.3. The smallest absolute Gasteiger partial charge is 0.295 e. The number of ketones is 1. The quantitative estimate of drug-likeness (QED) is 0.206. The first-order valence-electron chi connectivity index (χ1n) is 12.3. The van der Waals surface area contributed by atoms with Crippen molar-refractivity contribution in [3.8, 4) is 11.5 Å². The fourth-order valence-electron chi connectivity index (χ4n) is 4.38. The van der Waals surface area contributed by atoms with E-state index < -0.39 is 17.7 Å². The number of aliphatic hydroxyl groups is 1. The number of rotatable bonds is 9. The third kappa shape index (κ3) is 5.53. The number of Topliss-reactive ketones (excluding diaryl/α,β-unsaturated/α-hetero) is 1. The number of nitrogens with zero attached hydrogens (tertiary/aromatic N) is 1. The topological polar surface area (TPSA) is 76.1 Å². The van der Waals surface area contributed by atoms with Crippen LogP contribution < -0.4 is 9.47 Å². The summed E-state index contributed by atoms with van der Waals surface area (Å²) >= 11 is 0. The molecule has 3 rings (SSSR count). The first kappa shape index (κ1) is 26.3. The summed E-state index contributed by atoms with van der Waals surface area (Å²) in [4.78, 5) is 27.7. The number of likely N-dealkylation sites (tertiary alicyclic amines) is 1. The number of carbonyl (C=O) groups excluding carboxylic acids is 2. The van der Waals surface area contributed by atoms with E-state index in [1.165, 1.54) is 0 Å². The molecule has 1 saturated heterocycles. The molecule has 1 atom stereocenters. The van der Waals surface area contributed by atoms with Crippen LogP contribution in [0.3, 0.4) is 0 Å². The fourth-order valence-corrected chi connectivity index (χ4v) is 4.38. The Labute approximate surface area is 208 Å². The summed E-state index contributed by atoms with van der Waals surface area (Å²) in [6.07, 6.45) is 2.71. The highest BCUT2D eigenvalue weighted by atomic mass is 16.5. The van der Waals surface area contributed by atoms with Crippen LogP contribution in [0.2, 0.25) is 0 Å². The van der Waals surface area contributed by atoms with Gasteiger partial charge in [0.15, 0.2) is 0 Å². The SMILES string of the molecule is CCCCOc1ccc(C2/C(=C(/O)c3ccc(OC)c(C(C)(C)C)c3)C(=O)C(=O)N2CCC)cc1. The molecule has 188 valence electrons. The van der Waals surface area contributed by atoms with Crippen molar-refractivity contribution in [3.05, 3.63) is 64.7 Å². The van der Waals surface area contributed by atoms with Crippen molar-refractivity contribution in [2.45, 2.75) is 65.3 Å².